The molecule has 0 spiro atoms. The van der Waals surface area contributed by atoms with Crippen LogP contribution >= 0.6 is 11.3 Å². The van der Waals surface area contributed by atoms with E-state index in [1.807, 2.05) is 0 Å². The Hall–Kier alpha value is -2.21. The van der Waals surface area contributed by atoms with Crippen molar-refractivity contribution in [1.82, 2.24) is 10.3 Å². The van der Waals surface area contributed by atoms with E-state index in [1.54, 1.807) is 29.8 Å². The smallest absolute Gasteiger partial charge is 0.335 e. The van der Waals surface area contributed by atoms with Gasteiger partial charge in [0.25, 0.3) is 5.91 Å². The Morgan fingerprint density at radius 3 is 2.79 bits per heavy atom. The Kier molecular flexibility index (Phi) is 4.25. The van der Waals surface area contributed by atoms with Gasteiger partial charge in [-0.15, -0.1) is 11.3 Å². The molecule has 2 aromatic rings. The Balaban J connectivity index is 1.93. The fourth-order valence-electron chi connectivity index (χ4n) is 1.67. The van der Waals surface area contributed by atoms with E-state index >= 15 is 0 Å². The third kappa shape index (κ3) is 3.38. The van der Waals surface area contributed by atoms with Crippen molar-refractivity contribution in [3.05, 3.63) is 52.0 Å². The minimum atomic E-state index is -0.954. The molecule has 0 saturated heterocycles. The van der Waals surface area contributed by atoms with Crippen LogP contribution in [0, 0.1) is 0 Å². The van der Waals surface area contributed by atoms with Crippen LogP contribution < -0.4 is 5.32 Å². The first-order chi connectivity index (χ1) is 9.18. The number of carboxylic acids is 1. The number of carboxylic acid groups (broad SMARTS) is 1. The van der Waals surface area contributed by atoms with Gasteiger partial charge in [0, 0.05) is 6.54 Å². The number of amides is 1. The maximum Gasteiger partial charge on any atom is 0.335 e. The molecule has 0 radical (unpaired) electrons. The van der Waals surface area contributed by atoms with Crippen molar-refractivity contribution in [3.63, 3.8) is 0 Å². The molecule has 1 aromatic carbocycles. The average Bonchev–Trinajstić information content (AvgIpc) is 2.93. The van der Waals surface area contributed by atoms with Crippen LogP contribution in [0.25, 0.3) is 0 Å². The number of carbonyl (C=O) groups excluding carboxylic acids is 1. The van der Waals surface area contributed by atoms with Gasteiger partial charge in [0.05, 0.1) is 17.3 Å². The van der Waals surface area contributed by atoms with Crippen molar-refractivity contribution in [3.8, 4) is 0 Å². The Morgan fingerprint density at radius 2 is 2.11 bits per heavy atom. The molecular formula is C13H12N2O3S. The van der Waals surface area contributed by atoms with Crippen molar-refractivity contribution in [2.24, 2.45) is 0 Å². The lowest BCUT2D eigenvalue weighted by Crippen LogP contribution is -2.25. The zero-order valence-electron chi connectivity index (χ0n) is 10.00. The van der Waals surface area contributed by atoms with Crippen LogP contribution in [-0.2, 0) is 6.42 Å². The number of carbonyl (C=O) groups is 2. The van der Waals surface area contributed by atoms with Crippen LogP contribution in [0.3, 0.4) is 0 Å². The van der Waals surface area contributed by atoms with Gasteiger partial charge in [-0.3, -0.25) is 9.78 Å². The normalized spacial score (nSPS) is 10.1. The quantitative estimate of drug-likeness (QED) is 0.873. The van der Waals surface area contributed by atoms with Gasteiger partial charge < -0.3 is 10.4 Å². The molecule has 1 heterocycles. The van der Waals surface area contributed by atoms with Crippen LogP contribution in [0.5, 0.6) is 0 Å². The molecule has 0 aliphatic rings. The molecule has 98 valence electrons. The summed E-state index contributed by atoms with van der Waals surface area (Å²) in [5.41, 5.74) is 2.57. The summed E-state index contributed by atoms with van der Waals surface area (Å²) in [5, 5.41) is 11.8. The number of nitrogens with one attached hydrogen (secondary N) is 1. The maximum absolute atomic E-state index is 11.7. The second kappa shape index (κ2) is 6.10. The standard InChI is InChI=1S/C13H12N2O3S/c16-12(11-7-14-8-19-11)15-6-5-9-3-1-2-4-10(9)13(17)18/h1-4,7-8H,5-6H2,(H,15,16)(H,17,18). The van der Waals surface area contributed by atoms with E-state index in [4.69, 9.17) is 5.11 Å². The molecule has 6 heteroatoms. The molecule has 19 heavy (non-hydrogen) atoms. The topological polar surface area (TPSA) is 79.3 Å². The highest BCUT2D eigenvalue weighted by atomic mass is 32.1. The zero-order valence-corrected chi connectivity index (χ0v) is 10.8. The molecule has 2 N–H and O–H groups in total. The highest BCUT2D eigenvalue weighted by molar-refractivity contribution is 7.11. The molecule has 0 saturated carbocycles. The summed E-state index contributed by atoms with van der Waals surface area (Å²) in [5.74, 6) is -1.14. The summed E-state index contributed by atoms with van der Waals surface area (Å²) < 4.78 is 0. The number of thiazole rings is 1. The van der Waals surface area contributed by atoms with E-state index in [9.17, 15) is 9.59 Å². The highest BCUT2D eigenvalue weighted by Gasteiger charge is 2.10. The summed E-state index contributed by atoms with van der Waals surface area (Å²) in [7, 11) is 0. The van der Waals surface area contributed by atoms with Gasteiger partial charge in [-0.2, -0.15) is 0 Å². The second-order valence-corrected chi connectivity index (χ2v) is 4.72. The molecule has 5 nitrogen and oxygen atoms in total. The Bertz CT molecular complexity index is 581. The van der Waals surface area contributed by atoms with Gasteiger partial charge in [-0.25, -0.2) is 4.79 Å². The molecule has 0 bridgehead atoms. The number of hydrogen-bond donors (Lipinski definition) is 2. The molecule has 2 rings (SSSR count). The SMILES string of the molecule is O=C(NCCc1ccccc1C(=O)O)c1cncs1. The first-order valence-corrected chi connectivity index (χ1v) is 6.54. The summed E-state index contributed by atoms with van der Waals surface area (Å²) in [6.45, 7) is 0.390. The average molecular weight is 276 g/mol. The monoisotopic (exact) mass is 276 g/mol. The number of hydrogen-bond acceptors (Lipinski definition) is 4. The number of rotatable bonds is 5. The van der Waals surface area contributed by atoms with E-state index in [2.05, 4.69) is 10.3 Å². The van der Waals surface area contributed by atoms with Gasteiger partial charge in [0.15, 0.2) is 0 Å². The third-order valence-electron chi connectivity index (χ3n) is 2.58. The largest absolute Gasteiger partial charge is 0.478 e. The van der Waals surface area contributed by atoms with Crippen molar-refractivity contribution >= 4 is 23.2 Å². The first-order valence-electron chi connectivity index (χ1n) is 5.66. The van der Waals surface area contributed by atoms with Crippen molar-refractivity contribution in [1.29, 1.82) is 0 Å². The fourth-order valence-corrected chi connectivity index (χ4v) is 2.21. The van der Waals surface area contributed by atoms with Crippen LogP contribution in [-0.4, -0.2) is 28.5 Å². The molecule has 0 unspecified atom stereocenters. The highest BCUT2D eigenvalue weighted by Crippen LogP contribution is 2.09. The van der Waals surface area contributed by atoms with Crippen molar-refractivity contribution in [2.75, 3.05) is 6.54 Å². The Labute approximate surface area is 113 Å². The first kappa shape index (κ1) is 13.2. The summed E-state index contributed by atoms with van der Waals surface area (Å²) in [6.07, 6.45) is 1.98. The van der Waals surface area contributed by atoms with E-state index in [0.29, 0.717) is 23.4 Å². The van der Waals surface area contributed by atoms with Crippen LogP contribution in [0.15, 0.2) is 36.0 Å². The lowest BCUT2D eigenvalue weighted by atomic mass is 10.0. The van der Waals surface area contributed by atoms with E-state index < -0.39 is 5.97 Å². The lowest BCUT2D eigenvalue weighted by molar-refractivity contribution is 0.0695. The predicted molar refractivity (Wildman–Crippen MR) is 71.6 cm³/mol. The molecule has 0 aliphatic heterocycles. The zero-order chi connectivity index (χ0) is 13.7. The lowest BCUT2D eigenvalue weighted by Gasteiger charge is -2.06. The van der Waals surface area contributed by atoms with Gasteiger partial charge in [-0.05, 0) is 18.1 Å². The fraction of sp³-hybridized carbons (Fsp3) is 0.154. The van der Waals surface area contributed by atoms with Crippen molar-refractivity contribution < 1.29 is 14.7 Å². The maximum atomic E-state index is 11.7. The molecule has 0 aliphatic carbocycles. The van der Waals surface area contributed by atoms with Crippen LogP contribution in [0.2, 0.25) is 0 Å². The minimum Gasteiger partial charge on any atom is -0.478 e. The molecule has 0 fully saturated rings. The van der Waals surface area contributed by atoms with Gasteiger partial charge in [0.1, 0.15) is 4.88 Å². The molecule has 1 amide bonds. The van der Waals surface area contributed by atoms with Crippen LogP contribution in [0.1, 0.15) is 25.6 Å². The molecular weight excluding hydrogens is 264 g/mol. The predicted octanol–water partition coefficient (Wildman–Crippen LogP) is 1.81. The minimum absolute atomic E-state index is 0.185. The summed E-state index contributed by atoms with van der Waals surface area (Å²) in [6, 6.07) is 6.78. The molecule has 1 aromatic heterocycles. The number of aromatic nitrogens is 1. The van der Waals surface area contributed by atoms with Crippen molar-refractivity contribution in [2.45, 2.75) is 6.42 Å². The van der Waals surface area contributed by atoms with Gasteiger partial charge in [-0.1, -0.05) is 18.2 Å². The van der Waals surface area contributed by atoms with E-state index in [0.717, 1.165) is 0 Å². The number of nitrogens with zero attached hydrogens (tertiary/aromatic N) is 1. The second-order valence-electron chi connectivity index (χ2n) is 3.83. The number of aromatic carboxylic acids is 1. The van der Waals surface area contributed by atoms with Gasteiger partial charge >= 0.3 is 5.97 Å². The Morgan fingerprint density at radius 1 is 1.32 bits per heavy atom. The van der Waals surface area contributed by atoms with E-state index in [1.165, 1.54) is 17.5 Å². The van der Waals surface area contributed by atoms with E-state index in [-0.39, 0.29) is 11.5 Å². The summed E-state index contributed by atoms with van der Waals surface area (Å²) >= 11 is 1.27. The van der Waals surface area contributed by atoms with Gasteiger partial charge in [0.2, 0.25) is 0 Å². The summed E-state index contributed by atoms with van der Waals surface area (Å²) in [4.78, 5) is 27.0. The van der Waals surface area contributed by atoms with Crippen LogP contribution in [0.4, 0.5) is 0 Å². The third-order valence-corrected chi connectivity index (χ3v) is 3.36. The molecule has 0 atom stereocenters. The number of benzene rings is 1.